The van der Waals surface area contributed by atoms with Crippen molar-refractivity contribution in [2.24, 2.45) is 11.0 Å². The number of nitrogens with zero attached hydrogens (tertiary/aromatic N) is 3. The van der Waals surface area contributed by atoms with Crippen LogP contribution in [0.25, 0.3) is 0 Å². The molecule has 1 atom stereocenters. The van der Waals surface area contributed by atoms with Crippen LogP contribution in [0.3, 0.4) is 0 Å². The van der Waals surface area contributed by atoms with Crippen molar-refractivity contribution in [1.82, 2.24) is 9.91 Å². The summed E-state index contributed by atoms with van der Waals surface area (Å²) in [5.41, 5.74) is -7.02. The van der Waals surface area contributed by atoms with Gasteiger partial charge in [0.05, 0.1) is 0 Å². The third kappa shape index (κ3) is 7.45. The fraction of sp³-hybridized carbons (Fsp3) is 0.842. The van der Waals surface area contributed by atoms with Crippen LogP contribution in [0.2, 0.25) is 0 Å². The topological polar surface area (TPSA) is 115 Å². The van der Waals surface area contributed by atoms with Crippen LogP contribution < -0.4 is 0 Å². The zero-order chi connectivity index (χ0) is 25.4. The molecule has 2 heterocycles. The molecule has 1 unspecified atom stereocenters. The van der Waals surface area contributed by atoms with Crippen LogP contribution in [0.5, 0.6) is 0 Å². The Morgan fingerprint density at radius 1 is 0.939 bits per heavy atom. The van der Waals surface area contributed by atoms with E-state index < -0.39 is 45.2 Å². The third-order valence-corrected chi connectivity index (χ3v) is 5.65. The number of carbonyl (C=O) groups excluding carboxylic acids is 2. The highest BCUT2D eigenvalue weighted by molar-refractivity contribution is 7.87. The monoisotopic (exact) mass is 501 g/mol. The summed E-state index contributed by atoms with van der Waals surface area (Å²) in [5, 5.41) is 4.55. The predicted octanol–water partition coefficient (Wildman–Crippen LogP) is 3.82. The number of ether oxygens (including phenoxy) is 2. The first kappa shape index (κ1) is 27.2. The minimum Gasteiger partial charge on any atom is -0.444 e. The Balaban J connectivity index is 2.15. The van der Waals surface area contributed by atoms with Crippen LogP contribution in [0.4, 0.5) is 22.8 Å². The largest absolute Gasteiger partial charge is 0.523 e. The van der Waals surface area contributed by atoms with Gasteiger partial charge in [-0.1, -0.05) is 0 Å². The van der Waals surface area contributed by atoms with Gasteiger partial charge in [0, 0.05) is 31.1 Å². The third-order valence-electron chi connectivity index (χ3n) is 4.61. The number of hydrogen-bond donors (Lipinski definition) is 0. The molecule has 1 saturated heterocycles. The summed E-state index contributed by atoms with van der Waals surface area (Å²) in [5.74, 6) is -0.296. The van der Waals surface area contributed by atoms with Gasteiger partial charge < -0.3 is 14.4 Å². The van der Waals surface area contributed by atoms with Crippen molar-refractivity contribution in [1.29, 1.82) is 0 Å². The van der Waals surface area contributed by atoms with Crippen molar-refractivity contribution in [3.8, 4) is 0 Å². The first-order chi connectivity index (χ1) is 14.8. The van der Waals surface area contributed by atoms with E-state index in [-0.39, 0.29) is 12.3 Å². The predicted molar refractivity (Wildman–Crippen MR) is 111 cm³/mol. The molecule has 10 nitrogen and oxygen atoms in total. The lowest BCUT2D eigenvalue weighted by Gasteiger charge is -2.33. The van der Waals surface area contributed by atoms with Crippen LogP contribution in [-0.4, -0.2) is 72.3 Å². The van der Waals surface area contributed by atoms with Crippen LogP contribution in [0, 0.1) is 5.92 Å². The lowest BCUT2D eigenvalue weighted by atomic mass is 9.90. The van der Waals surface area contributed by atoms with E-state index in [1.807, 2.05) is 0 Å². The number of hydrazone groups is 1. The molecule has 14 heteroatoms. The molecule has 0 aromatic heterocycles. The molecule has 0 spiro atoms. The number of amides is 2. The van der Waals surface area contributed by atoms with Gasteiger partial charge in [0.25, 0.3) is 0 Å². The second-order valence-electron chi connectivity index (χ2n) is 9.81. The Morgan fingerprint density at radius 3 is 1.88 bits per heavy atom. The van der Waals surface area contributed by atoms with Gasteiger partial charge in [-0.05, 0) is 54.4 Å². The fourth-order valence-corrected chi connectivity index (χ4v) is 3.77. The number of alkyl halides is 3. The molecule has 0 bridgehead atoms. The minimum atomic E-state index is -5.98. The average molecular weight is 502 g/mol. The van der Waals surface area contributed by atoms with Gasteiger partial charge in [-0.15, -0.1) is 0 Å². The van der Waals surface area contributed by atoms with Crippen molar-refractivity contribution in [2.45, 2.75) is 83.7 Å². The second kappa shape index (κ2) is 9.28. The molecule has 190 valence electrons. The van der Waals surface area contributed by atoms with Crippen LogP contribution in [0.15, 0.2) is 5.10 Å². The number of likely N-dealkylation sites (tertiary alicyclic amines) is 1. The molecule has 0 aliphatic carbocycles. The molecular weight excluding hydrogens is 471 g/mol. The van der Waals surface area contributed by atoms with Crippen LogP contribution in [-0.2, 0) is 23.8 Å². The molecule has 2 aliphatic heterocycles. The van der Waals surface area contributed by atoms with E-state index in [0.29, 0.717) is 36.7 Å². The number of piperidine rings is 1. The Morgan fingerprint density at radius 2 is 1.42 bits per heavy atom. The summed E-state index contributed by atoms with van der Waals surface area (Å²) in [6.07, 6.45) is -2.98. The van der Waals surface area contributed by atoms with Gasteiger partial charge in [-0.3, -0.25) is 0 Å². The zero-order valence-electron chi connectivity index (χ0n) is 19.4. The summed E-state index contributed by atoms with van der Waals surface area (Å²) < 4.78 is 76.4. The molecule has 2 rings (SSSR count). The molecule has 0 saturated carbocycles. The summed E-state index contributed by atoms with van der Waals surface area (Å²) in [4.78, 5) is 26.2. The summed E-state index contributed by atoms with van der Waals surface area (Å²) >= 11 is 0. The van der Waals surface area contributed by atoms with Gasteiger partial charge in [0.15, 0.2) is 6.23 Å². The Hall–Kier alpha value is -2.09. The van der Waals surface area contributed by atoms with E-state index in [2.05, 4.69) is 9.28 Å². The summed E-state index contributed by atoms with van der Waals surface area (Å²) in [7, 11) is -5.98. The van der Waals surface area contributed by atoms with E-state index in [4.69, 9.17) is 9.47 Å². The average Bonchev–Trinajstić information content (AvgIpc) is 3.01. The number of hydrogen-bond acceptors (Lipinski definition) is 8. The first-order valence-corrected chi connectivity index (χ1v) is 11.8. The van der Waals surface area contributed by atoms with Crippen molar-refractivity contribution in [3.05, 3.63) is 0 Å². The summed E-state index contributed by atoms with van der Waals surface area (Å²) in [6.45, 7) is 10.5. The molecular formula is C19H30F3N3O7S. The maximum absolute atomic E-state index is 12.8. The van der Waals surface area contributed by atoms with E-state index in [1.165, 1.54) is 4.90 Å². The highest BCUT2D eigenvalue weighted by Crippen LogP contribution is 2.33. The molecule has 0 N–H and O–H groups in total. The van der Waals surface area contributed by atoms with Crippen molar-refractivity contribution < 1.29 is 44.8 Å². The SMILES string of the molecule is CC(C)(C)OC(=O)N1CCC(C2=NN(C(=O)OC(C)(C)C)C(OS(=O)(=O)C(F)(F)F)C2)CC1. The van der Waals surface area contributed by atoms with E-state index >= 15 is 0 Å². The molecule has 0 radical (unpaired) electrons. The van der Waals surface area contributed by atoms with Gasteiger partial charge in [0.2, 0.25) is 0 Å². The zero-order valence-corrected chi connectivity index (χ0v) is 20.2. The summed E-state index contributed by atoms with van der Waals surface area (Å²) in [6, 6.07) is 0. The molecule has 1 fully saturated rings. The lowest BCUT2D eigenvalue weighted by Crippen LogP contribution is -2.43. The standard InChI is InChI=1S/C19H30F3N3O7S/c1-17(2,3)30-15(26)24-9-7-12(8-10-24)13-11-14(32-33(28,29)19(20,21)22)25(23-13)16(27)31-18(4,5)6/h12,14H,7-11H2,1-6H3. The van der Waals surface area contributed by atoms with Gasteiger partial charge in [-0.25, -0.2) is 13.8 Å². The smallest absolute Gasteiger partial charge is 0.444 e. The molecule has 2 amide bonds. The van der Waals surface area contributed by atoms with Crippen LogP contribution >= 0.6 is 0 Å². The fourth-order valence-electron chi connectivity index (χ4n) is 3.22. The lowest BCUT2D eigenvalue weighted by molar-refractivity contribution is -0.0666. The highest BCUT2D eigenvalue weighted by Gasteiger charge is 2.51. The second-order valence-corrected chi connectivity index (χ2v) is 11.4. The Kier molecular flexibility index (Phi) is 7.63. The Bertz CT molecular complexity index is 884. The maximum atomic E-state index is 12.8. The van der Waals surface area contributed by atoms with E-state index in [1.54, 1.807) is 41.5 Å². The van der Waals surface area contributed by atoms with Gasteiger partial charge in [0.1, 0.15) is 11.2 Å². The van der Waals surface area contributed by atoms with Gasteiger partial charge >= 0.3 is 27.8 Å². The maximum Gasteiger partial charge on any atom is 0.523 e. The quantitative estimate of drug-likeness (QED) is 0.426. The van der Waals surface area contributed by atoms with E-state index in [0.717, 1.165) is 0 Å². The van der Waals surface area contributed by atoms with Crippen molar-refractivity contribution >= 4 is 28.0 Å². The molecule has 0 aromatic rings. The molecule has 33 heavy (non-hydrogen) atoms. The molecule has 2 aliphatic rings. The van der Waals surface area contributed by atoms with Crippen molar-refractivity contribution in [2.75, 3.05) is 13.1 Å². The van der Waals surface area contributed by atoms with Crippen molar-refractivity contribution in [3.63, 3.8) is 0 Å². The van der Waals surface area contributed by atoms with Crippen LogP contribution in [0.1, 0.15) is 60.8 Å². The minimum absolute atomic E-state index is 0.296. The highest BCUT2D eigenvalue weighted by atomic mass is 32.2. The number of carbonyl (C=O) groups is 2. The normalized spacial score (nSPS) is 21.1. The first-order valence-electron chi connectivity index (χ1n) is 10.4. The Labute approximate surface area is 191 Å². The van der Waals surface area contributed by atoms with Gasteiger partial charge in [-0.2, -0.15) is 31.7 Å². The number of halogens is 3. The molecule has 0 aromatic carbocycles. The van der Waals surface area contributed by atoms with E-state index in [9.17, 15) is 31.2 Å². The number of rotatable bonds is 3.